The van der Waals surface area contributed by atoms with Crippen LogP contribution in [-0.2, 0) is 0 Å². The molecule has 1 aromatic rings. The Morgan fingerprint density at radius 3 is 2.57 bits per heavy atom. The van der Waals surface area contributed by atoms with Gasteiger partial charge in [-0.05, 0) is 43.0 Å². The zero-order chi connectivity index (χ0) is 10.2. The van der Waals surface area contributed by atoms with Gasteiger partial charge in [0.1, 0.15) is 5.75 Å². The van der Waals surface area contributed by atoms with Crippen LogP contribution in [0.15, 0.2) is 29.2 Å². The third-order valence-electron chi connectivity index (χ3n) is 1.75. The zero-order valence-corrected chi connectivity index (χ0v) is 9.35. The van der Waals surface area contributed by atoms with Crippen molar-refractivity contribution in [3.8, 4) is 5.75 Å². The first-order valence-corrected chi connectivity index (χ1v) is 5.91. The summed E-state index contributed by atoms with van der Waals surface area (Å²) < 4.78 is 5.49. The summed E-state index contributed by atoms with van der Waals surface area (Å²) >= 11 is 1.84. The molecule has 0 amide bonds. The fourth-order valence-corrected chi connectivity index (χ4v) is 1.73. The van der Waals surface area contributed by atoms with Gasteiger partial charge in [-0.3, -0.25) is 0 Å². The highest BCUT2D eigenvalue weighted by Gasteiger charge is 1.94. The van der Waals surface area contributed by atoms with Crippen molar-refractivity contribution in [2.75, 3.05) is 18.9 Å². The molecule has 0 heterocycles. The van der Waals surface area contributed by atoms with Crippen molar-refractivity contribution in [3.05, 3.63) is 24.3 Å². The van der Waals surface area contributed by atoms with E-state index in [1.54, 1.807) is 0 Å². The van der Waals surface area contributed by atoms with Gasteiger partial charge in [0, 0.05) is 4.90 Å². The standard InChI is InChI=1S/C11H17NOS/c1-2-14-11-6-4-10(5-7-11)13-9-3-8-12/h4-7H,2-3,8-9,12H2,1H3. The van der Waals surface area contributed by atoms with Crippen LogP contribution in [0.2, 0.25) is 0 Å². The van der Waals surface area contributed by atoms with Gasteiger partial charge in [-0.25, -0.2) is 0 Å². The molecule has 2 N–H and O–H groups in total. The summed E-state index contributed by atoms with van der Waals surface area (Å²) in [6.07, 6.45) is 0.908. The van der Waals surface area contributed by atoms with Gasteiger partial charge >= 0.3 is 0 Å². The molecule has 1 aromatic carbocycles. The Hall–Kier alpha value is -0.670. The number of nitrogens with two attached hydrogens (primary N) is 1. The second-order valence-corrected chi connectivity index (χ2v) is 4.23. The van der Waals surface area contributed by atoms with Crippen molar-refractivity contribution in [2.24, 2.45) is 5.73 Å². The van der Waals surface area contributed by atoms with Crippen LogP contribution in [0.25, 0.3) is 0 Å². The van der Waals surface area contributed by atoms with E-state index in [9.17, 15) is 0 Å². The fourth-order valence-electron chi connectivity index (χ4n) is 1.07. The monoisotopic (exact) mass is 211 g/mol. The van der Waals surface area contributed by atoms with Gasteiger partial charge in [0.05, 0.1) is 6.61 Å². The van der Waals surface area contributed by atoms with E-state index >= 15 is 0 Å². The molecular formula is C11H17NOS. The van der Waals surface area contributed by atoms with Crippen LogP contribution in [0.5, 0.6) is 5.75 Å². The summed E-state index contributed by atoms with van der Waals surface area (Å²) in [5.41, 5.74) is 5.37. The van der Waals surface area contributed by atoms with Crippen LogP contribution >= 0.6 is 11.8 Å². The minimum absolute atomic E-state index is 0.684. The van der Waals surface area contributed by atoms with Crippen LogP contribution in [0.3, 0.4) is 0 Å². The Kier molecular flexibility index (Phi) is 5.49. The maximum absolute atomic E-state index is 5.49. The van der Waals surface area contributed by atoms with E-state index in [0.717, 1.165) is 17.9 Å². The molecule has 2 nitrogen and oxygen atoms in total. The van der Waals surface area contributed by atoms with Crippen molar-refractivity contribution in [3.63, 3.8) is 0 Å². The predicted octanol–water partition coefficient (Wildman–Crippen LogP) is 2.53. The van der Waals surface area contributed by atoms with Crippen LogP contribution in [0.1, 0.15) is 13.3 Å². The second kappa shape index (κ2) is 6.74. The van der Waals surface area contributed by atoms with Crippen molar-refractivity contribution in [2.45, 2.75) is 18.2 Å². The Labute approximate surface area is 89.8 Å². The molecule has 3 heteroatoms. The van der Waals surface area contributed by atoms with E-state index in [2.05, 4.69) is 19.1 Å². The lowest BCUT2D eigenvalue weighted by molar-refractivity contribution is 0.313. The number of rotatable bonds is 6. The molecule has 0 atom stereocenters. The Morgan fingerprint density at radius 2 is 2.00 bits per heavy atom. The molecule has 0 radical (unpaired) electrons. The maximum atomic E-state index is 5.49. The number of ether oxygens (including phenoxy) is 1. The molecule has 0 unspecified atom stereocenters. The largest absolute Gasteiger partial charge is 0.494 e. The summed E-state index contributed by atoms with van der Waals surface area (Å²) in [4.78, 5) is 1.29. The highest BCUT2D eigenvalue weighted by atomic mass is 32.2. The molecule has 14 heavy (non-hydrogen) atoms. The second-order valence-electron chi connectivity index (χ2n) is 2.90. The van der Waals surface area contributed by atoms with E-state index in [1.807, 2.05) is 23.9 Å². The van der Waals surface area contributed by atoms with Crippen LogP contribution in [0, 0.1) is 0 Å². The first-order chi connectivity index (χ1) is 6.86. The molecule has 0 saturated carbocycles. The van der Waals surface area contributed by atoms with Crippen LogP contribution < -0.4 is 10.5 Å². The summed E-state index contributed by atoms with van der Waals surface area (Å²) in [7, 11) is 0. The van der Waals surface area contributed by atoms with Gasteiger partial charge in [-0.2, -0.15) is 0 Å². The van der Waals surface area contributed by atoms with Crippen molar-refractivity contribution in [1.82, 2.24) is 0 Å². The average molecular weight is 211 g/mol. The van der Waals surface area contributed by atoms with Gasteiger partial charge in [0.2, 0.25) is 0 Å². The molecule has 0 aliphatic rings. The van der Waals surface area contributed by atoms with E-state index in [4.69, 9.17) is 10.5 Å². The Bertz CT molecular complexity index is 248. The predicted molar refractivity (Wildman–Crippen MR) is 62.0 cm³/mol. The molecule has 0 aromatic heterocycles. The maximum Gasteiger partial charge on any atom is 0.119 e. The minimum Gasteiger partial charge on any atom is -0.494 e. The van der Waals surface area contributed by atoms with Gasteiger partial charge in [-0.1, -0.05) is 6.92 Å². The smallest absolute Gasteiger partial charge is 0.119 e. The normalized spacial score (nSPS) is 10.1. The SMILES string of the molecule is CCSc1ccc(OCCCN)cc1. The van der Waals surface area contributed by atoms with Gasteiger partial charge < -0.3 is 10.5 Å². The van der Waals surface area contributed by atoms with Crippen LogP contribution in [-0.4, -0.2) is 18.9 Å². The molecule has 0 aliphatic carbocycles. The number of hydrogen-bond acceptors (Lipinski definition) is 3. The van der Waals surface area contributed by atoms with Gasteiger partial charge in [0.15, 0.2) is 0 Å². The van der Waals surface area contributed by atoms with E-state index in [0.29, 0.717) is 13.2 Å². The molecule has 0 aliphatic heterocycles. The van der Waals surface area contributed by atoms with E-state index in [1.165, 1.54) is 4.90 Å². The fraction of sp³-hybridized carbons (Fsp3) is 0.455. The molecule has 1 rings (SSSR count). The number of benzene rings is 1. The first kappa shape index (κ1) is 11.4. The third kappa shape index (κ3) is 4.03. The van der Waals surface area contributed by atoms with Gasteiger partial charge in [0.25, 0.3) is 0 Å². The lowest BCUT2D eigenvalue weighted by Crippen LogP contribution is -2.05. The Balaban J connectivity index is 2.38. The highest BCUT2D eigenvalue weighted by Crippen LogP contribution is 2.20. The number of thioether (sulfide) groups is 1. The summed E-state index contributed by atoms with van der Waals surface area (Å²) in [5.74, 6) is 2.03. The highest BCUT2D eigenvalue weighted by molar-refractivity contribution is 7.99. The van der Waals surface area contributed by atoms with Crippen LogP contribution in [0.4, 0.5) is 0 Å². The molecular weight excluding hydrogens is 194 g/mol. The van der Waals surface area contributed by atoms with Crippen molar-refractivity contribution < 1.29 is 4.74 Å². The quantitative estimate of drug-likeness (QED) is 0.580. The topological polar surface area (TPSA) is 35.2 Å². The van der Waals surface area contributed by atoms with Gasteiger partial charge in [-0.15, -0.1) is 11.8 Å². The van der Waals surface area contributed by atoms with E-state index < -0.39 is 0 Å². The van der Waals surface area contributed by atoms with E-state index in [-0.39, 0.29) is 0 Å². The van der Waals surface area contributed by atoms with Crippen molar-refractivity contribution >= 4 is 11.8 Å². The Morgan fingerprint density at radius 1 is 1.29 bits per heavy atom. The van der Waals surface area contributed by atoms with Crippen molar-refractivity contribution in [1.29, 1.82) is 0 Å². The molecule has 78 valence electrons. The summed E-state index contributed by atoms with van der Waals surface area (Å²) in [6.45, 7) is 3.54. The lowest BCUT2D eigenvalue weighted by Gasteiger charge is -2.05. The summed E-state index contributed by atoms with van der Waals surface area (Å²) in [5, 5.41) is 0. The average Bonchev–Trinajstić information content (AvgIpc) is 2.21. The molecule has 0 spiro atoms. The molecule has 0 saturated heterocycles. The summed E-state index contributed by atoms with van der Waals surface area (Å²) in [6, 6.07) is 8.20. The first-order valence-electron chi connectivity index (χ1n) is 4.92. The molecule has 0 fully saturated rings. The number of hydrogen-bond donors (Lipinski definition) is 1. The zero-order valence-electron chi connectivity index (χ0n) is 8.53. The molecule has 0 bridgehead atoms. The lowest BCUT2D eigenvalue weighted by atomic mass is 10.3. The minimum atomic E-state index is 0.684. The third-order valence-corrected chi connectivity index (χ3v) is 2.65.